The van der Waals surface area contributed by atoms with Crippen molar-refractivity contribution in [3.8, 4) is 0 Å². The number of hydrogen-bond donors (Lipinski definition) is 2. The van der Waals surface area contributed by atoms with Crippen LogP contribution >= 0.6 is 0 Å². The Labute approximate surface area is 125 Å². The summed E-state index contributed by atoms with van der Waals surface area (Å²) >= 11 is 0. The van der Waals surface area contributed by atoms with Crippen LogP contribution < -0.4 is 5.32 Å². The maximum absolute atomic E-state index is 12.2. The molecular weight excluding hydrogens is 296 g/mol. The van der Waals surface area contributed by atoms with Crippen LogP contribution in [-0.2, 0) is 19.6 Å². The maximum atomic E-state index is 12.2. The van der Waals surface area contributed by atoms with Crippen molar-refractivity contribution in [2.75, 3.05) is 19.3 Å². The van der Waals surface area contributed by atoms with Crippen LogP contribution in [0.3, 0.4) is 0 Å². The van der Waals surface area contributed by atoms with Gasteiger partial charge in [0, 0.05) is 13.1 Å². The number of nitrogens with one attached hydrogen (secondary N) is 1. The normalized spacial score (nSPS) is 20.4. The lowest BCUT2D eigenvalue weighted by atomic mass is 9.82. The summed E-state index contributed by atoms with van der Waals surface area (Å²) in [5, 5.41) is 12.0. The van der Waals surface area contributed by atoms with Gasteiger partial charge in [-0.25, -0.2) is 8.42 Å². The standard InChI is InChI=1S/C13H24N2O5S/c1-4-13(5-2,12(17)18)9-14-11(16)10-7-6-8-15(10)21(3,19)20/h10H,4-9H2,1-3H3,(H,14,16)(H,17,18). The molecule has 0 aromatic heterocycles. The molecule has 1 rings (SSSR count). The molecule has 0 aliphatic carbocycles. The molecule has 1 amide bonds. The number of aliphatic carboxylic acids is 1. The van der Waals surface area contributed by atoms with Crippen LogP contribution in [0.25, 0.3) is 0 Å². The molecule has 0 spiro atoms. The number of carbonyl (C=O) groups is 2. The van der Waals surface area contributed by atoms with Crippen LogP contribution in [-0.4, -0.2) is 55.1 Å². The summed E-state index contributed by atoms with van der Waals surface area (Å²) in [5.41, 5.74) is -0.996. The molecule has 122 valence electrons. The largest absolute Gasteiger partial charge is 0.481 e. The molecule has 21 heavy (non-hydrogen) atoms. The van der Waals surface area contributed by atoms with Crippen LogP contribution in [0, 0.1) is 5.41 Å². The zero-order chi connectivity index (χ0) is 16.3. The number of amides is 1. The van der Waals surface area contributed by atoms with Gasteiger partial charge in [-0.3, -0.25) is 9.59 Å². The zero-order valence-electron chi connectivity index (χ0n) is 12.8. The van der Waals surface area contributed by atoms with Gasteiger partial charge in [-0.1, -0.05) is 13.8 Å². The van der Waals surface area contributed by atoms with E-state index >= 15 is 0 Å². The highest BCUT2D eigenvalue weighted by atomic mass is 32.2. The first kappa shape index (κ1) is 17.9. The predicted molar refractivity (Wildman–Crippen MR) is 78.2 cm³/mol. The van der Waals surface area contributed by atoms with Crippen LogP contribution in [0.4, 0.5) is 0 Å². The van der Waals surface area contributed by atoms with Crippen molar-refractivity contribution in [2.45, 2.75) is 45.6 Å². The van der Waals surface area contributed by atoms with Gasteiger partial charge in [-0.05, 0) is 25.7 Å². The molecule has 0 radical (unpaired) electrons. The van der Waals surface area contributed by atoms with E-state index in [0.29, 0.717) is 32.2 Å². The topological polar surface area (TPSA) is 104 Å². The minimum Gasteiger partial charge on any atom is -0.481 e. The van der Waals surface area contributed by atoms with Crippen LogP contribution in [0.5, 0.6) is 0 Å². The lowest BCUT2D eigenvalue weighted by molar-refractivity contribution is -0.149. The molecule has 0 saturated carbocycles. The predicted octanol–water partition coefficient (Wildman–Crippen LogP) is 0.418. The Morgan fingerprint density at radius 3 is 2.33 bits per heavy atom. The van der Waals surface area contributed by atoms with E-state index in [0.717, 1.165) is 6.26 Å². The molecule has 7 nitrogen and oxygen atoms in total. The highest BCUT2D eigenvalue weighted by Crippen LogP contribution is 2.26. The molecule has 0 aromatic carbocycles. The average Bonchev–Trinajstić information content (AvgIpc) is 2.89. The van der Waals surface area contributed by atoms with E-state index in [-0.39, 0.29) is 6.54 Å². The second kappa shape index (κ2) is 6.74. The molecule has 1 fully saturated rings. The number of carbonyl (C=O) groups excluding carboxylic acids is 1. The van der Waals surface area contributed by atoms with E-state index in [9.17, 15) is 23.1 Å². The Hall–Kier alpha value is -1.15. The molecule has 1 heterocycles. The molecule has 1 unspecified atom stereocenters. The van der Waals surface area contributed by atoms with Crippen molar-refractivity contribution in [3.63, 3.8) is 0 Å². The monoisotopic (exact) mass is 320 g/mol. The lowest BCUT2D eigenvalue weighted by Crippen LogP contribution is -2.49. The molecule has 0 aromatic rings. The number of carboxylic acids is 1. The van der Waals surface area contributed by atoms with Crippen LogP contribution in [0.15, 0.2) is 0 Å². The number of nitrogens with zero attached hydrogens (tertiary/aromatic N) is 1. The third-order valence-corrected chi connectivity index (χ3v) is 5.63. The van der Waals surface area contributed by atoms with Gasteiger partial charge in [0.15, 0.2) is 0 Å². The van der Waals surface area contributed by atoms with Gasteiger partial charge in [0.2, 0.25) is 15.9 Å². The number of sulfonamides is 1. The SMILES string of the molecule is CCC(CC)(CNC(=O)C1CCCN1S(C)(=O)=O)C(=O)O. The zero-order valence-corrected chi connectivity index (χ0v) is 13.6. The fourth-order valence-corrected chi connectivity index (χ4v) is 3.78. The van der Waals surface area contributed by atoms with Crippen molar-refractivity contribution in [1.82, 2.24) is 9.62 Å². The number of carboxylic acid groups (broad SMARTS) is 1. The summed E-state index contributed by atoms with van der Waals surface area (Å²) in [6.45, 7) is 3.88. The van der Waals surface area contributed by atoms with Crippen molar-refractivity contribution >= 4 is 21.9 Å². The third kappa shape index (κ3) is 3.94. The van der Waals surface area contributed by atoms with E-state index in [1.165, 1.54) is 4.31 Å². The Morgan fingerprint density at radius 1 is 1.33 bits per heavy atom. The molecule has 1 aliphatic heterocycles. The Kier molecular flexibility index (Phi) is 5.75. The summed E-state index contributed by atoms with van der Waals surface area (Å²) < 4.78 is 24.4. The van der Waals surface area contributed by atoms with Crippen LogP contribution in [0.1, 0.15) is 39.5 Å². The second-order valence-electron chi connectivity index (χ2n) is 5.54. The highest BCUT2D eigenvalue weighted by molar-refractivity contribution is 7.88. The first-order valence-electron chi connectivity index (χ1n) is 7.16. The summed E-state index contributed by atoms with van der Waals surface area (Å²) in [6.07, 6.45) is 2.99. The second-order valence-corrected chi connectivity index (χ2v) is 7.48. The molecule has 1 saturated heterocycles. The van der Waals surface area contributed by atoms with Gasteiger partial charge in [0.05, 0.1) is 11.7 Å². The van der Waals surface area contributed by atoms with E-state index < -0.39 is 33.4 Å². The van der Waals surface area contributed by atoms with Gasteiger partial charge in [-0.2, -0.15) is 4.31 Å². The van der Waals surface area contributed by atoms with Gasteiger partial charge in [0.25, 0.3) is 0 Å². The third-order valence-electron chi connectivity index (χ3n) is 4.34. The molecule has 1 atom stereocenters. The van der Waals surface area contributed by atoms with Crippen molar-refractivity contribution in [2.24, 2.45) is 5.41 Å². The Balaban J connectivity index is 2.75. The van der Waals surface area contributed by atoms with Crippen molar-refractivity contribution < 1.29 is 23.1 Å². The van der Waals surface area contributed by atoms with E-state index in [1.807, 2.05) is 0 Å². The minimum atomic E-state index is -3.42. The molecular formula is C13H24N2O5S. The molecule has 8 heteroatoms. The fourth-order valence-electron chi connectivity index (χ4n) is 2.65. The minimum absolute atomic E-state index is 0.0161. The molecule has 0 bridgehead atoms. The summed E-state index contributed by atoms with van der Waals surface area (Å²) in [5.74, 6) is -1.36. The Bertz CT molecular complexity index is 499. The fraction of sp³-hybridized carbons (Fsp3) is 0.846. The quantitative estimate of drug-likeness (QED) is 0.707. The van der Waals surface area contributed by atoms with Gasteiger partial charge < -0.3 is 10.4 Å². The van der Waals surface area contributed by atoms with Gasteiger partial charge in [-0.15, -0.1) is 0 Å². The highest BCUT2D eigenvalue weighted by Gasteiger charge is 2.39. The Morgan fingerprint density at radius 2 is 1.90 bits per heavy atom. The lowest BCUT2D eigenvalue weighted by Gasteiger charge is -2.28. The smallest absolute Gasteiger partial charge is 0.311 e. The average molecular weight is 320 g/mol. The number of rotatable bonds is 7. The number of hydrogen-bond acceptors (Lipinski definition) is 4. The van der Waals surface area contributed by atoms with Gasteiger partial charge in [0.1, 0.15) is 6.04 Å². The maximum Gasteiger partial charge on any atom is 0.311 e. The first-order valence-corrected chi connectivity index (χ1v) is 9.00. The van der Waals surface area contributed by atoms with Crippen molar-refractivity contribution in [1.29, 1.82) is 0 Å². The van der Waals surface area contributed by atoms with Crippen LogP contribution in [0.2, 0.25) is 0 Å². The summed E-state index contributed by atoms with van der Waals surface area (Å²) in [4.78, 5) is 23.6. The van der Waals surface area contributed by atoms with E-state index in [4.69, 9.17) is 0 Å². The van der Waals surface area contributed by atoms with Crippen molar-refractivity contribution in [3.05, 3.63) is 0 Å². The summed E-state index contributed by atoms with van der Waals surface area (Å²) in [7, 11) is -3.42. The summed E-state index contributed by atoms with van der Waals surface area (Å²) in [6, 6.07) is -0.722. The molecule has 2 N–H and O–H groups in total. The van der Waals surface area contributed by atoms with Gasteiger partial charge >= 0.3 is 5.97 Å². The molecule has 1 aliphatic rings. The van der Waals surface area contributed by atoms with E-state index in [2.05, 4.69) is 5.32 Å². The van der Waals surface area contributed by atoms with E-state index in [1.54, 1.807) is 13.8 Å². The first-order chi connectivity index (χ1) is 9.68.